The summed E-state index contributed by atoms with van der Waals surface area (Å²) in [5.41, 5.74) is 11.0. The van der Waals surface area contributed by atoms with Crippen molar-refractivity contribution in [1.82, 2.24) is 14.8 Å². The Morgan fingerprint density at radius 3 is 2.50 bits per heavy atom. The van der Waals surface area contributed by atoms with Gasteiger partial charge >= 0.3 is 0 Å². The molecular formula is C21H30N4O. The minimum absolute atomic E-state index is 0.360. The molecule has 0 saturated carbocycles. The van der Waals surface area contributed by atoms with Gasteiger partial charge in [-0.1, -0.05) is 24.3 Å². The first-order chi connectivity index (χ1) is 12.5. The Hall–Kier alpha value is -1.95. The minimum Gasteiger partial charge on any atom is -0.390 e. The third kappa shape index (κ3) is 4.81. The lowest BCUT2D eigenvalue weighted by molar-refractivity contribution is 0.0814. The molecule has 2 heterocycles. The maximum atomic E-state index is 10.6. The number of hydrogen-bond donors (Lipinski definition) is 2. The van der Waals surface area contributed by atoms with Gasteiger partial charge in [0.15, 0.2) is 0 Å². The topological polar surface area (TPSA) is 65.6 Å². The number of β-amino-alcohol motifs (C(OH)–C–C–N with tert-alkyl or cyclic N) is 1. The summed E-state index contributed by atoms with van der Waals surface area (Å²) in [6, 6.07) is 10.7. The second-order valence-electron chi connectivity index (χ2n) is 7.40. The number of rotatable bonds is 6. The first kappa shape index (κ1) is 18.8. The van der Waals surface area contributed by atoms with Crippen molar-refractivity contribution in [1.29, 1.82) is 0 Å². The molecule has 1 unspecified atom stereocenters. The van der Waals surface area contributed by atoms with Crippen LogP contribution in [-0.2, 0) is 19.4 Å². The molecule has 1 aliphatic rings. The fourth-order valence-corrected chi connectivity index (χ4v) is 3.73. The Labute approximate surface area is 156 Å². The van der Waals surface area contributed by atoms with Gasteiger partial charge in [0.2, 0.25) is 0 Å². The average Bonchev–Trinajstić information content (AvgIpc) is 2.81. The van der Waals surface area contributed by atoms with Crippen LogP contribution in [0.15, 0.2) is 36.5 Å². The Morgan fingerprint density at radius 2 is 1.85 bits per heavy atom. The van der Waals surface area contributed by atoms with Crippen molar-refractivity contribution in [3.8, 4) is 0 Å². The summed E-state index contributed by atoms with van der Waals surface area (Å²) in [7, 11) is 2.04. The molecular weight excluding hydrogens is 324 g/mol. The van der Waals surface area contributed by atoms with Crippen LogP contribution in [0.4, 0.5) is 5.82 Å². The highest BCUT2D eigenvalue weighted by molar-refractivity contribution is 5.43. The number of aliphatic hydroxyl groups is 1. The van der Waals surface area contributed by atoms with E-state index in [0.717, 1.165) is 50.1 Å². The zero-order valence-corrected chi connectivity index (χ0v) is 15.9. The standard InChI is InChI=1S/C21H30N4O/c1-16-19(7-10-23-21(16)22)13-24(2)14-20(26)15-25-11-8-17-5-3-4-6-18(17)9-12-25/h3-7,10,20,26H,8-9,11-15H2,1-2H3,(H2,22,23). The Kier molecular flexibility index (Phi) is 6.25. The largest absolute Gasteiger partial charge is 0.390 e. The molecule has 2 aromatic rings. The van der Waals surface area contributed by atoms with E-state index in [9.17, 15) is 5.11 Å². The molecule has 0 fully saturated rings. The monoisotopic (exact) mass is 354 g/mol. The van der Waals surface area contributed by atoms with Gasteiger partial charge < -0.3 is 15.7 Å². The van der Waals surface area contributed by atoms with Crippen LogP contribution < -0.4 is 5.73 Å². The van der Waals surface area contributed by atoms with E-state index >= 15 is 0 Å². The molecule has 0 amide bonds. The highest BCUT2D eigenvalue weighted by Crippen LogP contribution is 2.17. The lowest BCUT2D eigenvalue weighted by Gasteiger charge is -2.26. The Bertz CT molecular complexity index is 707. The molecule has 3 rings (SSSR count). The number of anilines is 1. The zero-order chi connectivity index (χ0) is 18.5. The predicted octanol–water partition coefficient (Wildman–Crippen LogP) is 1.87. The number of fused-ring (bicyclic) bond motifs is 1. The summed E-state index contributed by atoms with van der Waals surface area (Å²) in [4.78, 5) is 8.65. The number of pyridine rings is 1. The van der Waals surface area contributed by atoms with Crippen LogP contribution in [0.3, 0.4) is 0 Å². The smallest absolute Gasteiger partial charge is 0.126 e. The highest BCUT2D eigenvalue weighted by atomic mass is 16.3. The van der Waals surface area contributed by atoms with E-state index in [4.69, 9.17) is 5.73 Å². The van der Waals surface area contributed by atoms with Gasteiger partial charge in [0.1, 0.15) is 5.82 Å². The Balaban J connectivity index is 1.49. The van der Waals surface area contributed by atoms with E-state index in [2.05, 4.69) is 39.0 Å². The van der Waals surface area contributed by atoms with Gasteiger partial charge in [0, 0.05) is 38.9 Å². The predicted molar refractivity (Wildman–Crippen MR) is 106 cm³/mol. The SMILES string of the molecule is Cc1c(CN(C)CC(O)CN2CCc3ccccc3CC2)ccnc1N. The van der Waals surface area contributed by atoms with Crippen LogP contribution in [0.2, 0.25) is 0 Å². The second-order valence-corrected chi connectivity index (χ2v) is 7.40. The summed E-state index contributed by atoms with van der Waals surface area (Å²) in [6.07, 6.45) is 3.51. The molecule has 1 aromatic carbocycles. The van der Waals surface area contributed by atoms with E-state index in [1.54, 1.807) is 6.20 Å². The fourth-order valence-electron chi connectivity index (χ4n) is 3.73. The number of likely N-dealkylation sites (N-methyl/N-ethyl adjacent to an activating group) is 1. The zero-order valence-electron chi connectivity index (χ0n) is 15.9. The van der Waals surface area contributed by atoms with Crippen LogP contribution in [-0.4, -0.2) is 59.2 Å². The molecule has 5 nitrogen and oxygen atoms in total. The van der Waals surface area contributed by atoms with E-state index in [1.165, 1.54) is 11.1 Å². The lowest BCUT2D eigenvalue weighted by atomic mass is 10.0. The molecule has 1 aromatic heterocycles. The summed E-state index contributed by atoms with van der Waals surface area (Å²) >= 11 is 0. The number of aromatic nitrogens is 1. The van der Waals surface area contributed by atoms with Crippen LogP contribution in [0, 0.1) is 6.92 Å². The van der Waals surface area contributed by atoms with Crippen molar-refractivity contribution < 1.29 is 5.11 Å². The molecule has 140 valence electrons. The normalized spacial score (nSPS) is 16.3. The third-order valence-corrected chi connectivity index (χ3v) is 5.30. The molecule has 26 heavy (non-hydrogen) atoms. The van der Waals surface area contributed by atoms with E-state index < -0.39 is 0 Å². The van der Waals surface area contributed by atoms with Crippen LogP contribution in [0.1, 0.15) is 22.3 Å². The Morgan fingerprint density at radius 1 is 1.19 bits per heavy atom. The average molecular weight is 354 g/mol. The maximum absolute atomic E-state index is 10.6. The number of nitrogens with two attached hydrogens (primary N) is 1. The van der Waals surface area contributed by atoms with E-state index in [0.29, 0.717) is 12.4 Å². The maximum Gasteiger partial charge on any atom is 0.126 e. The van der Waals surface area contributed by atoms with Crippen LogP contribution >= 0.6 is 0 Å². The number of nitrogens with zero attached hydrogens (tertiary/aromatic N) is 3. The van der Waals surface area contributed by atoms with E-state index in [-0.39, 0.29) is 6.10 Å². The van der Waals surface area contributed by atoms with Crippen molar-refractivity contribution >= 4 is 5.82 Å². The van der Waals surface area contributed by atoms with Gasteiger partial charge in [-0.2, -0.15) is 0 Å². The van der Waals surface area contributed by atoms with Crippen LogP contribution in [0.5, 0.6) is 0 Å². The summed E-state index contributed by atoms with van der Waals surface area (Å²) in [6.45, 7) is 6.15. The molecule has 1 atom stereocenters. The lowest BCUT2D eigenvalue weighted by Crippen LogP contribution is -2.40. The summed E-state index contributed by atoms with van der Waals surface area (Å²) in [5.74, 6) is 0.584. The molecule has 0 spiro atoms. The first-order valence-electron chi connectivity index (χ1n) is 9.38. The van der Waals surface area contributed by atoms with Gasteiger partial charge in [-0.15, -0.1) is 0 Å². The summed E-state index contributed by atoms with van der Waals surface area (Å²) in [5, 5.41) is 10.6. The van der Waals surface area contributed by atoms with Gasteiger partial charge in [-0.25, -0.2) is 4.98 Å². The van der Waals surface area contributed by atoms with Gasteiger partial charge in [-0.05, 0) is 55.1 Å². The van der Waals surface area contributed by atoms with Crippen molar-refractivity contribution in [3.05, 3.63) is 58.8 Å². The molecule has 0 bridgehead atoms. The highest BCUT2D eigenvalue weighted by Gasteiger charge is 2.18. The quantitative estimate of drug-likeness (QED) is 0.829. The van der Waals surface area contributed by atoms with Crippen molar-refractivity contribution in [2.45, 2.75) is 32.4 Å². The molecule has 5 heteroatoms. The van der Waals surface area contributed by atoms with Crippen LogP contribution in [0.25, 0.3) is 0 Å². The fraction of sp³-hybridized carbons (Fsp3) is 0.476. The molecule has 0 aliphatic carbocycles. The van der Waals surface area contributed by atoms with E-state index in [1.807, 2.05) is 20.0 Å². The van der Waals surface area contributed by atoms with Crippen molar-refractivity contribution in [2.75, 3.05) is 39.0 Å². The molecule has 0 radical (unpaired) electrons. The van der Waals surface area contributed by atoms with Gasteiger partial charge in [0.05, 0.1) is 6.10 Å². The molecule has 3 N–H and O–H groups in total. The number of hydrogen-bond acceptors (Lipinski definition) is 5. The summed E-state index contributed by atoms with van der Waals surface area (Å²) < 4.78 is 0. The third-order valence-electron chi connectivity index (χ3n) is 5.30. The number of nitrogen functional groups attached to an aromatic ring is 1. The second kappa shape index (κ2) is 8.62. The molecule has 1 aliphatic heterocycles. The van der Waals surface area contributed by atoms with Gasteiger partial charge in [-0.3, -0.25) is 4.90 Å². The van der Waals surface area contributed by atoms with Gasteiger partial charge in [0.25, 0.3) is 0 Å². The van der Waals surface area contributed by atoms with Crippen molar-refractivity contribution in [3.63, 3.8) is 0 Å². The first-order valence-corrected chi connectivity index (χ1v) is 9.38. The number of benzene rings is 1. The number of aliphatic hydroxyl groups excluding tert-OH is 1. The minimum atomic E-state index is -0.360. The molecule has 0 saturated heterocycles. The van der Waals surface area contributed by atoms with Crippen molar-refractivity contribution in [2.24, 2.45) is 0 Å².